The van der Waals surface area contributed by atoms with E-state index in [-0.39, 0.29) is 46.9 Å². The summed E-state index contributed by atoms with van der Waals surface area (Å²) in [5, 5.41) is 3.22. The number of aryl methyl sites for hydroxylation is 1. The molecule has 1 aromatic carbocycles. The van der Waals surface area contributed by atoms with Crippen LogP contribution in [0.15, 0.2) is 29.2 Å². The molecule has 0 amide bonds. The molecular weight excluding hydrogens is 557 g/mol. The van der Waals surface area contributed by atoms with Crippen molar-refractivity contribution in [2.75, 3.05) is 43.6 Å². The number of benzene rings is 1. The molecule has 7 nitrogen and oxygen atoms in total. The molecule has 3 aromatic rings. The van der Waals surface area contributed by atoms with E-state index in [1.807, 2.05) is 0 Å². The number of likely N-dealkylation sites (N-methyl/N-ethyl adjacent to an activating group) is 1. The maximum absolute atomic E-state index is 14.9. The fourth-order valence-electron chi connectivity index (χ4n) is 5.40. The van der Waals surface area contributed by atoms with Gasteiger partial charge in [0.05, 0.1) is 22.5 Å². The van der Waals surface area contributed by atoms with Crippen molar-refractivity contribution in [3.8, 4) is 0 Å². The Morgan fingerprint density at radius 3 is 2.44 bits per heavy atom. The Morgan fingerprint density at radius 1 is 1.15 bits per heavy atom. The van der Waals surface area contributed by atoms with Gasteiger partial charge < -0.3 is 14.8 Å². The molecule has 1 saturated heterocycles. The van der Waals surface area contributed by atoms with E-state index in [1.54, 1.807) is 0 Å². The van der Waals surface area contributed by atoms with Crippen molar-refractivity contribution in [1.82, 2.24) is 19.4 Å². The van der Waals surface area contributed by atoms with Gasteiger partial charge in [-0.15, -0.1) is 0 Å². The van der Waals surface area contributed by atoms with Gasteiger partial charge in [-0.3, -0.25) is 9.69 Å². The van der Waals surface area contributed by atoms with Crippen LogP contribution in [0.2, 0.25) is 0 Å². The summed E-state index contributed by atoms with van der Waals surface area (Å²) < 4.78 is 98.5. The van der Waals surface area contributed by atoms with E-state index < -0.39 is 60.4 Å². The Kier molecular flexibility index (Phi) is 7.41. The second-order valence-corrected chi connectivity index (χ2v) is 10.8. The lowest BCUT2D eigenvalue weighted by molar-refractivity contribution is -0.180. The average Bonchev–Trinajstić information content (AvgIpc) is 3.69. The van der Waals surface area contributed by atoms with E-state index in [2.05, 4.69) is 15.3 Å². The highest BCUT2D eigenvalue weighted by molar-refractivity contribution is 5.97. The summed E-state index contributed by atoms with van der Waals surface area (Å²) in [6.07, 6.45) is -5.48. The summed E-state index contributed by atoms with van der Waals surface area (Å²) in [5.74, 6) is -0.811. The molecule has 1 aliphatic heterocycles. The molecule has 0 spiro atoms. The van der Waals surface area contributed by atoms with Crippen molar-refractivity contribution < 1.29 is 30.7 Å². The van der Waals surface area contributed by atoms with Gasteiger partial charge in [0, 0.05) is 31.4 Å². The first-order valence-electron chi connectivity index (χ1n) is 13.1. The lowest BCUT2D eigenvalue weighted by Crippen LogP contribution is -2.58. The highest BCUT2D eigenvalue weighted by Gasteiger charge is 2.48. The molecule has 1 N–H and O–H groups in total. The number of piperazine rings is 1. The number of nitrogens with zero attached hydrogens (tertiary/aromatic N) is 5. The van der Waals surface area contributed by atoms with Crippen LogP contribution in [0.5, 0.6) is 0 Å². The lowest BCUT2D eigenvalue weighted by Gasteiger charge is -2.41. The molecule has 2 atom stereocenters. The Bertz CT molecular complexity index is 1520. The normalized spacial score (nSPS) is 20.1. The number of fused-ring (bicyclic) bond motifs is 1. The van der Waals surface area contributed by atoms with Crippen LogP contribution in [0.1, 0.15) is 49.2 Å². The average molecular weight is 587 g/mol. The van der Waals surface area contributed by atoms with Gasteiger partial charge in [-0.05, 0) is 33.7 Å². The van der Waals surface area contributed by atoms with E-state index in [0.717, 1.165) is 6.07 Å². The van der Waals surface area contributed by atoms with E-state index >= 15 is 0 Å². The summed E-state index contributed by atoms with van der Waals surface area (Å²) in [6, 6.07) is 0.909. The lowest BCUT2D eigenvalue weighted by atomic mass is 10.0. The van der Waals surface area contributed by atoms with Crippen molar-refractivity contribution in [1.29, 1.82) is 0 Å². The summed E-state index contributed by atoms with van der Waals surface area (Å²) >= 11 is 0. The molecule has 1 saturated carbocycles. The van der Waals surface area contributed by atoms with Gasteiger partial charge >= 0.3 is 6.18 Å². The molecule has 2 fully saturated rings. The fraction of sp³-hybridized carbons (Fsp3) is 0.519. The van der Waals surface area contributed by atoms with Crippen molar-refractivity contribution in [3.63, 3.8) is 0 Å². The zero-order valence-corrected chi connectivity index (χ0v) is 22.6. The third-order valence-electron chi connectivity index (χ3n) is 8.00. The summed E-state index contributed by atoms with van der Waals surface area (Å²) in [5.41, 5.74) is -2.65. The molecule has 14 heteroatoms. The van der Waals surface area contributed by atoms with E-state index in [4.69, 9.17) is 0 Å². The van der Waals surface area contributed by atoms with Crippen LogP contribution in [0, 0.1) is 12.7 Å². The Hall–Kier alpha value is -3.42. The number of hydrogen-bond acceptors (Lipinski definition) is 6. The number of rotatable bonds is 7. The molecule has 0 bridgehead atoms. The standard InChI is InChI=1S/C27H29F7N6O/c1-14(16-5-4-6-17(20(16)29)23(30)31)35-24-18-11-40(26(13-28)7-8-26)25(41)22(21(18)36-15(2)37-24)39-10-9-38(3)19(12-39)27(32,33)34/h4-6,11,14,19,23H,7-10,12-13H2,1-3H3,(H,35,36,37)/t14-,19?/m1/s1. The minimum atomic E-state index is -4.56. The molecule has 41 heavy (non-hydrogen) atoms. The predicted molar refractivity (Wildman–Crippen MR) is 140 cm³/mol. The largest absolute Gasteiger partial charge is 0.405 e. The van der Waals surface area contributed by atoms with Gasteiger partial charge in [0.15, 0.2) is 0 Å². The third-order valence-corrected chi connectivity index (χ3v) is 8.00. The Balaban J connectivity index is 1.67. The van der Waals surface area contributed by atoms with Gasteiger partial charge in [-0.25, -0.2) is 27.5 Å². The second kappa shape index (κ2) is 10.4. The van der Waals surface area contributed by atoms with Crippen LogP contribution in [0.3, 0.4) is 0 Å². The Morgan fingerprint density at radius 2 is 1.83 bits per heavy atom. The molecule has 5 rings (SSSR count). The molecular formula is C27H29F7N6O. The van der Waals surface area contributed by atoms with Crippen LogP contribution in [0.4, 0.5) is 42.2 Å². The van der Waals surface area contributed by atoms with Gasteiger partial charge in [-0.1, -0.05) is 18.2 Å². The zero-order valence-electron chi connectivity index (χ0n) is 22.6. The highest BCUT2D eigenvalue weighted by atomic mass is 19.4. The first-order chi connectivity index (χ1) is 19.3. The second-order valence-electron chi connectivity index (χ2n) is 10.8. The first-order valence-corrected chi connectivity index (χ1v) is 13.1. The van der Waals surface area contributed by atoms with Crippen LogP contribution < -0.4 is 15.8 Å². The van der Waals surface area contributed by atoms with Crippen LogP contribution in [-0.2, 0) is 5.54 Å². The molecule has 1 aliphatic carbocycles. The molecule has 2 aliphatic rings. The third kappa shape index (κ3) is 5.22. The van der Waals surface area contributed by atoms with E-state index in [0.29, 0.717) is 12.8 Å². The Labute approximate surface area is 231 Å². The van der Waals surface area contributed by atoms with Crippen LogP contribution in [0.25, 0.3) is 10.9 Å². The SMILES string of the molecule is Cc1nc(N[C@H](C)c2cccc(C(F)F)c2F)c2cn(C3(CF)CC3)c(=O)c(N3CCN(C)C(C(F)(F)F)C3)c2n1. The monoisotopic (exact) mass is 586 g/mol. The zero-order chi connectivity index (χ0) is 29.9. The molecule has 3 heterocycles. The van der Waals surface area contributed by atoms with Crippen molar-refractivity contribution in [2.24, 2.45) is 0 Å². The molecule has 222 valence electrons. The van der Waals surface area contributed by atoms with Gasteiger partial charge in [0.25, 0.3) is 12.0 Å². The number of hydrogen-bond donors (Lipinski definition) is 1. The minimum absolute atomic E-state index is 0.0141. The quantitative estimate of drug-likeness (QED) is 0.370. The van der Waals surface area contributed by atoms with Gasteiger partial charge in [0.1, 0.15) is 41.4 Å². The summed E-state index contributed by atoms with van der Waals surface area (Å²) in [4.78, 5) is 25.1. The molecule has 0 radical (unpaired) electrons. The predicted octanol–water partition coefficient (Wildman–Crippen LogP) is 5.49. The van der Waals surface area contributed by atoms with Gasteiger partial charge in [0.2, 0.25) is 0 Å². The molecule has 2 aromatic heterocycles. The fourth-order valence-corrected chi connectivity index (χ4v) is 5.40. The number of anilines is 2. The maximum atomic E-state index is 14.9. The highest BCUT2D eigenvalue weighted by Crippen LogP contribution is 2.44. The minimum Gasteiger partial charge on any atom is -0.363 e. The van der Waals surface area contributed by atoms with Crippen molar-refractivity contribution in [2.45, 2.75) is 56.9 Å². The number of nitrogens with one attached hydrogen (secondary N) is 1. The maximum Gasteiger partial charge on any atom is 0.405 e. The number of halogens is 7. The van der Waals surface area contributed by atoms with E-state index in [9.17, 15) is 35.5 Å². The number of aromatic nitrogens is 3. The van der Waals surface area contributed by atoms with E-state index in [1.165, 1.54) is 53.6 Å². The van der Waals surface area contributed by atoms with Crippen molar-refractivity contribution >= 4 is 22.4 Å². The van der Waals surface area contributed by atoms with Crippen LogP contribution in [-0.4, -0.2) is 65.0 Å². The first kappa shape index (κ1) is 29.1. The van der Waals surface area contributed by atoms with Crippen LogP contribution >= 0.6 is 0 Å². The molecule has 1 unspecified atom stereocenters. The summed E-state index contributed by atoms with van der Waals surface area (Å²) in [6.45, 7) is 1.77. The van der Waals surface area contributed by atoms with Crippen molar-refractivity contribution in [3.05, 3.63) is 57.5 Å². The number of alkyl halides is 6. The van der Waals surface area contributed by atoms with Gasteiger partial charge in [-0.2, -0.15) is 13.2 Å². The topological polar surface area (TPSA) is 66.3 Å². The smallest absolute Gasteiger partial charge is 0.363 e. The summed E-state index contributed by atoms with van der Waals surface area (Å²) in [7, 11) is 1.36. The number of pyridine rings is 1.